The topological polar surface area (TPSA) is 67.6 Å². The van der Waals surface area contributed by atoms with Gasteiger partial charge in [0, 0.05) is 37.3 Å². The lowest BCUT2D eigenvalue weighted by molar-refractivity contribution is -0.116. The Morgan fingerprint density at radius 2 is 2.08 bits per heavy atom. The molecule has 1 aromatic heterocycles. The number of aromatic nitrogens is 1. The maximum atomic E-state index is 12.1. The molecule has 6 nitrogen and oxygen atoms in total. The predicted molar refractivity (Wildman–Crippen MR) is 90.8 cm³/mol. The molecule has 0 spiro atoms. The second kappa shape index (κ2) is 5.85. The number of nitrogens with one attached hydrogen (secondary N) is 1. The lowest BCUT2D eigenvalue weighted by atomic mass is 9.87. The van der Waals surface area contributed by atoms with E-state index in [2.05, 4.69) is 21.4 Å². The molecule has 0 radical (unpaired) electrons. The van der Waals surface area contributed by atoms with Crippen LogP contribution in [0.15, 0.2) is 22.7 Å². The lowest BCUT2D eigenvalue weighted by Gasteiger charge is -2.28. The summed E-state index contributed by atoms with van der Waals surface area (Å²) in [7, 11) is 1.67. The highest BCUT2D eigenvalue weighted by atomic mass is 16.5. The molecule has 2 aliphatic heterocycles. The van der Waals surface area contributed by atoms with Crippen LogP contribution in [0.25, 0.3) is 0 Å². The standard InChI is InChI=1S/C18H21N3O3/c1-11-7-16(24-20-11)13-9-18(22)19-14-10-17(23-2)15(8-12(13)14)21-5-3-4-6-21/h7-8,10,13H,3-6,9H2,1-2H3,(H,19,22). The Hall–Kier alpha value is -2.50. The number of amides is 1. The van der Waals surface area contributed by atoms with Crippen LogP contribution in [0.5, 0.6) is 5.75 Å². The van der Waals surface area contributed by atoms with Crippen molar-refractivity contribution in [2.75, 3.05) is 30.4 Å². The van der Waals surface area contributed by atoms with Gasteiger partial charge in [0.05, 0.1) is 24.4 Å². The molecule has 0 aliphatic carbocycles. The van der Waals surface area contributed by atoms with Crippen LogP contribution in [0.3, 0.4) is 0 Å². The fourth-order valence-electron chi connectivity index (χ4n) is 3.65. The van der Waals surface area contributed by atoms with Gasteiger partial charge < -0.3 is 19.5 Å². The van der Waals surface area contributed by atoms with Crippen molar-refractivity contribution in [1.82, 2.24) is 5.16 Å². The van der Waals surface area contributed by atoms with Crippen molar-refractivity contribution in [3.63, 3.8) is 0 Å². The highest BCUT2D eigenvalue weighted by molar-refractivity contribution is 5.96. The average molecular weight is 327 g/mol. The van der Waals surface area contributed by atoms with Crippen molar-refractivity contribution >= 4 is 17.3 Å². The first-order valence-corrected chi connectivity index (χ1v) is 8.35. The number of hydrogen-bond donors (Lipinski definition) is 1. The molecule has 1 fully saturated rings. The molecule has 0 bridgehead atoms. The Kier molecular flexibility index (Phi) is 3.67. The minimum Gasteiger partial charge on any atom is -0.495 e. The Bertz CT molecular complexity index is 778. The van der Waals surface area contributed by atoms with Crippen molar-refractivity contribution < 1.29 is 14.1 Å². The minimum atomic E-state index is -0.109. The molecule has 3 heterocycles. The quantitative estimate of drug-likeness (QED) is 0.938. The van der Waals surface area contributed by atoms with Gasteiger partial charge in [-0.15, -0.1) is 0 Å². The maximum Gasteiger partial charge on any atom is 0.225 e. The van der Waals surface area contributed by atoms with Gasteiger partial charge in [0.1, 0.15) is 11.5 Å². The van der Waals surface area contributed by atoms with E-state index >= 15 is 0 Å². The van der Waals surface area contributed by atoms with Crippen LogP contribution in [0.4, 0.5) is 11.4 Å². The molecule has 24 heavy (non-hydrogen) atoms. The SMILES string of the molecule is COc1cc2c(cc1N1CCCC1)C(c1cc(C)no1)CC(=O)N2. The largest absolute Gasteiger partial charge is 0.495 e. The molecular weight excluding hydrogens is 306 g/mol. The summed E-state index contributed by atoms with van der Waals surface area (Å²) in [4.78, 5) is 14.5. The highest BCUT2D eigenvalue weighted by Gasteiger charge is 2.31. The molecule has 2 aliphatic rings. The number of ether oxygens (including phenoxy) is 1. The monoisotopic (exact) mass is 327 g/mol. The van der Waals surface area contributed by atoms with Gasteiger partial charge in [0.25, 0.3) is 0 Å². The predicted octanol–water partition coefficient (Wildman–Crippen LogP) is 3.07. The molecule has 1 atom stereocenters. The van der Waals surface area contributed by atoms with Gasteiger partial charge in [-0.2, -0.15) is 0 Å². The first kappa shape index (κ1) is 15.1. The van der Waals surface area contributed by atoms with E-state index in [0.717, 1.165) is 47.2 Å². The van der Waals surface area contributed by atoms with Gasteiger partial charge >= 0.3 is 0 Å². The zero-order chi connectivity index (χ0) is 16.7. The van der Waals surface area contributed by atoms with E-state index in [0.29, 0.717) is 6.42 Å². The van der Waals surface area contributed by atoms with E-state index in [1.54, 1.807) is 7.11 Å². The zero-order valence-corrected chi connectivity index (χ0v) is 14.0. The van der Waals surface area contributed by atoms with E-state index < -0.39 is 0 Å². The van der Waals surface area contributed by atoms with Crippen molar-refractivity contribution in [2.45, 2.75) is 32.1 Å². The summed E-state index contributed by atoms with van der Waals surface area (Å²) in [5.74, 6) is 1.41. The van der Waals surface area contributed by atoms with Crippen LogP contribution >= 0.6 is 0 Å². The van der Waals surface area contributed by atoms with E-state index in [9.17, 15) is 4.79 Å². The third-order valence-corrected chi connectivity index (χ3v) is 4.83. The summed E-state index contributed by atoms with van der Waals surface area (Å²) < 4.78 is 11.0. The molecule has 2 aromatic rings. The molecular formula is C18H21N3O3. The molecule has 1 saturated heterocycles. The zero-order valence-electron chi connectivity index (χ0n) is 14.0. The summed E-state index contributed by atoms with van der Waals surface area (Å²) in [6.45, 7) is 3.96. The van der Waals surface area contributed by atoms with Crippen LogP contribution in [-0.2, 0) is 4.79 Å². The number of rotatable bonds is 3. The van der Waals surface area contributed by atoms with E-state index in [1.807, 2.05) is 19.1 Å². The number of nitrogens with zero attached hydrogens (tertiary/aromatic N) is 2. The summed E-state index contributed by atoms with van der Waals surface area (Å²) in [5.41, 5.74) is 3.77. The second-order valence-electron chi connectivity index (χ2n) is 6.48. The van der Waals surface area contributed by atoms with Gasteiger partial charge in [-0.25, -0.2) is 0 Å². The number of aryl methyl sites for hydroxylation is 1. The maximum absolute atomic E-state index is 12.1. The highest BCUT2D eigenvalue weighted by Crippen LogP contribution is 2.44. The molecule has 1 N–H and O–H groups in total. The number of hydrogen-bond acceptors (Lipinski definition) is 5. The van der Waals surface area contributed by atoms with Gasteiger partial charge in [-0.05, 0) is 31.4 Å². The van der Waals surface area contributed by atoms with E-state index in [1.165, 1.54) is 12.8 Å². The van der Waals surface area contributed by atoms with Crippen LogP contribution in [0.1, 0.15) is 42.2 Å². The molecule has 0 saturated carbocycles. The summed E-state index contributed by atoms with van der Waals surface area (Å²) in [6, 6.07) is 5.98. The number of anilines is 2. The number of benzene rings is 1. The Morgan fingerprint density at radius 3 is 2.75 bits per heavy atom. The smallest absolute Gasteiger partial charge is 0.225 e. The molecule has 1 aromatic carbocycles. The molecule has 1 amide bonds. The number of carbonyl (C=O) groups is 1. The van der Waals surface area contributed by atoms with Crippen LogP contribution in [0, 0.1) is 6.92 Å². The minimum absolute atomic E-state index is 0.0162. The Morgan fingerprint density at radius 1 is 1.29 bits per heavy atom. The van der Waals surface area contributed by atoms with E-state index in [4.69, 9.17) is 9.26 Å². The number of carbonyl (C=O) groups excluding carboxylic acids is 1. The Labute approximate surface area is 140 Å². The van der Waals surface area contributed by atoms with Crippen molar-refractivity contribution in [3.8, 4) is 5.75 Å². The van der Waals surface area contributed by atoms with E-state index in [-0.39, 0.29) is 11.8 Å². The number of fused-ring (bicyclic) bond motifs is 1. The van der Waals surface area contributed by atoms with Gasteiger partial charge in [-0.3, -0.25) is 4.79 Å². The third-order valence-electron chi connectivity index (χ3n) is 4.83. The lowest BCUT2D eigenvalue weighted by Crippen LogP contribution is -2.25. The van der Waals surface area contributed by atoms with Crippen LogP contribution in [0.2, 0.25) is 0 Å². The van der Waals surface area contributed by atoms with Gasteiger partial charge in [0.2, 0.25) is 5.91 Å². The van der Waals surface area contributed by atoms with Crippen molar-refractivity contribution in [2.24, 2.45) is 0 Å². The fraction of sp³-hybridized carbons (Fsp3) is 0.444. The van der Waals surface area contributed by atoms with Crippen molar-refractivity contribution in [1.29, 1.82) is 0 Å². The summed E-state index contributed by atoms with van der Waals surface area (Å²) in [6.07, 6.45) is 2.76. The van der Waals surface area contributed by atoms with Crippen LogP contribution in [-0.4, -0.2) is 31.3 Å². The molecule has 4 rings (SSSR count). The average Bonchev–Trinajstić information content (AvgIpc) is 3.24. The molecule has 6 heteroatoms. The molecule has 1 unspecified atom stereocenters. The normalized spacial score (nSPS) is 20.0. The summed E-state index contributed by atoms with van der Waals surface area (Å²) in [5, 5.41) is 6.94. The Balaban J connectivity index is 1.82. The summed E-state index contributed by atoms with van der Waals surface area (Å²) >= 11 is 0. The number of methoxy groups -OCH3 is 1. The van der Waals surface area contributed by atoms with Crippen LogP contribution < -0.4 is 15.0 Å². The van der Waals surface area contributed by atoms with Gasteiger partial charge in [-0.1, -0.05) is 5.16 Å². The first-order valence-electron chi connectivity index (χ1n) is 8.35. The second-order valence-corrected chi connectivity index (χ2v) is 6.48. The molecule has 126 valence electrons. The third kappa shape index (κ3) is 2.52. The fourth-order valence-corrected chi connectivity index (χ4v) is 3.65. The van der Waals surface area contributed by atoms with Crippen molar-refractivity contribution in [3.05, 3.63) is 35.2 Å². The first-order chi connectivity index (χ1) is 11.7. The van der Waals surface area contributed by atoms with Gasteiger partial charge in [0.15, 0.2) is 0 Å².